The van der Waals surface area contributed by atoms with Crippen LogP contribution in [0.5, 0.6) is 0 Å². The number of hydrogen-bond donors (Lipinski definition) is 2. The largest absolute Gasteiger partial charge is 0.339 e. The fraction of sp³-hybridized carbons (Fsp3) is 0.150. The van der Waals surface area contributed by atoms with Crippen molar-refractivity contribution in [2.45, 2.75) is 20.3 Å². The fourth-order valence-corrected chi connectivity index (χ4v) is 2.49. The number of anilines is 3. The Kier molecular flexibility index (Phi) is 5.04. The maximum atomic E-state index is 12.2. The van der Waals surface area contributed by atoms with Crippen molar-refractivity contribution in [2.75, 3.05) is 10.6 Å². The third-order valence-electron chi connectivity index (χ3n) is 3.95. The Hall–Kier alpha value is -3.21. The van der Waals surface area contributed by atoms with Gasteiger partial charge in [0, 0.05) is 5.69 Å². The third kappa shape index (κ3) is 4.41. The number of amides is 1. The number of benzene rings is 2. The first kappa shape index (κ1) is 16.6. The Balaban J connectivity index is 1.62. The molecule has 0 fully saturated rings. The fourth-order valence-electron chi connectivity index (χ4n) is 2.49. The predicted octanol–water partition coefficient (Wildman–Crippen LogP) is 4.02. The molecule has 0 unspecified atom stereocenters. The SMILES string of the molecule is Cc1ccccc1CC(=O)Nc1ccc(Nc2ccccc2C)nn1. The minimum absolute atomic E-state index is 0.108. The highest BCUT2D eigenvalue weighted by Gasteiger charge is 2.07. The van der Waals surface area contributed by atoms with Crippen LogP contribution in [0.1, 0.15) is 16.7 Å². The Labute approximate surface area is 147 Å². The van der Waals surface area contributed by atoms with Crippen LogP contribution >= 0.6 is 0 Å². The zero-order valence-corrected chi connectivity index (χ0v) is 14.3. The predicted molar refractivity (Wildman–Crippen MR) is 100 cm³/mol. The van der Waals surface area contributed by atoms with Crippen LogP contribution in [-0.4, -0.2) is 16.1 Å². The van der Waals surface area contributed by atoms with Gasteiger partial charge in [-0.1, -0.05) is 42.5 Å². The third-order valence-corrected chi connectivity index (χ3v) is 3.95. The first-order valence-corrected chi connectivity index (χ1v) is 8.12. The van der Waals surface area contributed by atoms with Gasteiger partial charge in [0.25, 0.3) is 0 Å². The summed E-state index contributed by atoms with van der Waals surface area (Å²) in [7, 11) is 0. The van der Waals surface area contributed by atoms with Gasteiger partial charge in [-0.3, -0.25) is 4.79 Å². The summed E-state index contributed by atoms with van der Waals surface area (Å²) in [6.45, 7) is 4.02. The lowest BCUT2D eigenvalue weighted by Gasteiger charge is -2.09. The second-order valence-corrected chi connectivity index (χ2v) is 5.90. The summed E-state index contributed by atoms with van der Waals surface area (Å²) < 4.78 is 0. The number of aryl methyl sites for hydroxylation is 2. The van der Waals surface area contributed by atoms with E-state index in [2.05, 4.69) is 20.8 Å². The number of nitrogens with one attached hydrogen (secondary N) is 2. The molecule has 0 aliphatic rings. The van der Waals surface area contributed by atoms with Crippen LogP contribution in [-0.2, 0) is 11.2 Å². The van der Waals surface area contributed by atoms with Crippen molar-refractivity contribution in [1.82, 2.24) is 10.2 Å². The summed E-state index contributed by atoms with van der Waals surface area (Å²) in [5.74, 6) is 0.961. The molecule has 1 aromatic heterocycles. The van der Waals surface area contributed by atoms with Gasteiger partial charge in [0.2, 0.25) is 5.91 Å². The summed E-state index contributed by atoms with van der Waals surface area (Å²) >= 11 is 0. The molecule has 0 saturated heterocycles. The van der Waals surface area contributed by atoms with E-state index >= 15 is 0 Å². The van der Waals surface area contributed by atoms with Crippen LogP contribution in [0.3, 0.4) is 0 Å². The van der Waals surface area contributed by atoms with Crippen molar-refractivity contribution in [3.05, 3.63) is 77.4 Å². The molecule has 25 heavy (non-hydrogen) atoms. The smallest absolute Gasteiger partial charge is 0.230 e. The molecule has 2 N–H and O–H groups in total. The van der Waals surface area contributed by atoms with Crippen molar-refractivity contribution < 1.29 is 4.79 Å². The van der Waals surface area contributed by atoms with E-state index in [1.807, 2.05) is 62.4 Å². The Morgan fingerprint density at radius 3 is 2.16 bits per heavy atom. The van der Waals surface area contributed by atoms with Gasteiger partial charge < -0.3 is 10.6 Å². The second kappa shape index (κ2) is 7.57. The summed E-state index contributed by atoms with van der Waals surface area (Å²) in [5.41, 5.74) is 4.21. The van der Waals surface area contributed by atoms with Crippen molar-refractivity contribution in [3.8, 4) is 0 Å². The number of aromatic nitrogens is 2. The molecule has 0 atom stereocenters. The number of rotatable bonds is 5. The molecular weight excluding hydrogens is 312 g/mol. The van der Waals surface area contributed by atoms with Crippen LogP contribution in [0.4, 0.5) is 17.3 Å². The molecule has 0 aliphatic carbocycles. The molecule has 3 aromatic rings. The van der Waals surface area contributed by atoms with E-state index in [1.54, 1.807) is 12.1 Å². The Morgan fingerprint density at radius 1 is 0.840 bits per heavy atom. The van der Waals surface area contributed by atoms with E-state index < -0.39 is 0 Å². The lowest BCUT2D eigenvalue weighted by Crippen LogP contribution is -2.16. The Bertz CT molecular complexity index is 875. The monoisotopic (exact) mass is 332 g/mol. The second-order valence-electron chi connectivity index (χ2n) is 5.90. The first-order chi connectivity index (χ1) is 12.1. The van der Waals surface area contributed by atoms with Crippen molar-refractivity contribution in [2.24, 2.45) is 0 Å². The summed E-state index contributed by atoms with van der Waals surface area (Å²) in [6.07, 6.45) is 0.317. The van der Waals surface area contributed by atoms with Crippen LogP contribution in [0, 0.1) is 13.8 Å². The average molecular weight is 332 g/mol. The van der Waals surface area contributed by atoms with Crippen LogP contribution in [0.2, 0.25) is 0 Å². The highest BCUT2D eigenvalue weighted by molar-refractivity contribution is 5.91. The molecule has 5 nitrogen and oxygen atoms in total. The summed E-state index contributed by atoms with van der Waals surface area (Å²) in [6, 6.07) is 19.3. The number of carbonyl (C=O) groups excluding carboxylic acids is 1. The number of hydrogen-bond acceptors (Lipinski definition) is 4. The summed E-state index contributed by atoms with van der Waals surface area (Å²) in [5, 5.41) is 14.2. The van der Waals surface area contributed by atoms with Crippen molar-refractivity contribution in [3.63, 3.8) is 0 Å². The quantitative estimate of drug-likeness (QED) is 0.740. The molecule has 0 aliphatic heterocycles. The van der Waals surface area contributed by atoms with Gasteiger partial charge in [-0.15, -0.1) is 10.2 Å². The maximum Gasteiger partial charge on any atom is 0.230 e. The van der Waals surface area contributed by atoms with Gasteiger partial charge in [0.15, 0.2) is 11.6 Å². The van der Waals surface area contributed by atoms with Crippen LogP contribution in [0.25, 0.3) is 0 Å². The zero-order chi connectivity index (χ0) is 17.6. The molecule has 0 bridgehead atoms. The molecule has 126 valence electrons. The minimum Gasteiger partial charge on any atom is -0.339 e. The average Bonchev–Trinajstić information content (AvgIpc) is 2.61. The van der Waals surface area contributed by atoms with Crippen molar-refractivity contribution in [1.29, 1.82) is 0 Å². The molecule has 5 heteroatoms. The van der Waals surface area contributed by atoms with Crippen LogP contribution in [0.15, 0.2) is 60.7 Å². The van der Waals surface area contributed by atoms with Crippen molar-refractivity contribution >= 4 is 23.2 Å². The highest BCUT2D eigenvalue weighted by Crippen LogP contribution is 2.18. The number of carbonyl (C=O) groups is 1. The standard InChI is InChI=1S/C20H20N4O/c1-14-7-3-5-9-16(14)13-20(25)22-19-12-11-18(23-24-19)21-17-10-6-4-8-15(17)2/h3-12H,13H2,1-2H3,(H,21,23)(H,22,24,25). The van der Waals surface area contributed by atoms with Crippen LogP contribution < -0.4 is 10.6 Å². The molecule has 0 saturated carbocycles. The molecule has 3 rings (SSSR count). The highest BCUT2D eigenvalue weighted by atomic mass is 16.1. The van der Waals surface area contributed by atoms with E-state index in [0.717, 1.165) is 22.4 Å². The summed E-state index contributed by atoms with van der Waals surface area (Å²) in [4.78, 5) is 12.2. The molecule has 1 heterocycles. The topological polar surface area (TPSA) is 66.9 Å². The maximum absolute atomic E-state index is 12.2. The van der Waals surface area contributed by atoms with E-state index in [9.17, 15) is 4.79 Å². The van der Waals surface area contributed by atoms with Gasteiger partial charge in [-0.05, 0) is 48.7 Å². The van der Waals surface area contributed by atoms with Gasteiger partial charge in [-0.2, -0.15) is 0 Å². The normalized spacial score (nSPS) is 10.3. The molecule has 1 amide bonds. The lowest BCUT2D eigenvalue weighted by atomic mass is 10.1. The van der Waals surface area contributed by atoms with Gasteiger partial charge in [0.1, 0.15) is 0 Å². The lowest BCUT2D eigenvalue weighted by molar-refractivity contribution is -0.115. The minimum atomic E-state index is -0.108. The van der Waals surface area contributed by atoms with Gasteiger partial charge in [-0.25, -0.2) is 0 Å². The molecule has 0 spiro atoms. The Morgan fingerprint density at radius 2 is 1.48 bits per heavy atom. The zero-order valence-electron chi connectivity index (χ0n) is 14.3. The molecule has 0 radical (unpaired) electrons. The number of para-hydroxylation sites is 1. The van der Waals surface area contributed by atoms with Gasteiger partial charge in [0.05, 0.1) is 6.42 Å². The van der Waals surface area contributed by atoms with Gasteiger partial charge >= 0.3 is 0 Å². The number of nitrogens with zero attached hydrogens (tertiary/aromatic N) is 2. The van der Waals surface area contributed by atoms with E-state index in [4.69, 9.17) is 0 Å². The first-order valence-electron chi connectivity index (χ1n) is 8.12. The van der Waals surface area contributed by atoms with E-state index in [1.165, 1.54) is 0 Å². The molecular formula is C20H20N4O. The van der Waals surface area contributed by atoms with E-state index in [0.29, 0.717) is 18.1 Å². The van der Waals surface area contributed by atoms with E-state index in [-0.39, 0.29) is 5.91 Å². The molecule has 2 aromatic carbocycles.